The zero-order valence-corrected chi connectivity index (χ0v) is 13.0. The fraction of sp³-hybridized carbons (Fsp3) is 0.500. The molecule has 2 N–H and O–H groups in total. The summed E-state index contributed by atoms with van der Waals surface area (Å²) in [5, 5.41) is 12.6. The average Bonchev–Trinajstić information content (AvgIpc) is 2.37. The van der Waals surface area contributed by atoms with Crippen LogP contribution in [0.3, 0.4) is 0 Å². The number of nitrogens with one attached hydrogen (secondary N) is 1. The van der Waals surface area contributed by atoms with Crippen LogP contribution >= 0.6 is 22.6 Å². The highest BCUT2D eigenvalue weighted by atomic mass is 127. The molecule has 0 saturated heterocycles. The maximum absolute atomic E-state index is 11.3. The van der Waals surface area contributed by atoms with Gasteiger partial charge in [0, 0.05) is 16.7 Å². The monoisotopic (exact) mass is 361 g/mol. The summed E-state index contributed by atoms with van der Waals surface area (Å²) in [7, 11) is 0. The van der Waals surface area contributed by atoms with Gasteiger partial charge in [0.1, 0.15) is 0 Å². The Labute approximate surface area is 122 Å². The van der Waals surface area contributed by atoms with E-state index in [2.05, 4.69) is 52.2 Å². The van der Waals surface area contributed by atoms with E-state index >= 15 is 0 Å². The highest BCUT2D eigenvalue weighted by Crippen LogP contribution is 2.25. The first-order valence-corrected chi connectivity index (χ1v) is 7.30. The fourth-order valence-electron chi connectivity index (χ4n) is 1.93. The van der Waals surface area contributed by atoms with Crippen LogP contribution in [-0.2, 0) is 11.3 Å². The molecule has 0 aromatic heterocycles. The van der Waals surface area contributed by atoms with Crippen molar-refractivity contribution in [3.63, 3.8) is 0 Å². The largest absolute Gasteiger partial charge is 0.481 e. The molecule has 0 unspecified atom stereocenters. The van der Waals surface area contributed by atoms with Crippen LogP contribution in [-0.4, -0.2) is 17.6 Å². The normalized spacial score (nSPS) is 11.5. The second-order valence-electron chi connectivity index (χ2n) is 4.52. The summed E-state index contributed by atoms with van der Waals surface area (Å²) in [6.45, 7) is 5.10. The highest BCUT2D eigenvalue weighted by Gasteiger charge is 2.34. The summed E-state index contributed by atoms with van der Waals surface area (Å²) >= 11 is 2.27. The molecule has 0 heterocycles. The van der Waals surface area contributed by atoms with E-state index in [4.69, 9.17) is 0 Å². The van der Waals surface area contributed by atoms with Crippen LogP contribution in [0.25, 0.3) is 0 Å². The molecule has 0 spiro atoms. The zero-order valence-electron chi connectivity index (χ0n) is 10.9. The van der Waals surface area contributed by atoms with E-state index in [1.165, 1.54) is 9.13 Å². The van der Waals surface area contributed by atoms with Crippen molar-refractivity contribution in [1.82, 2.24) is 5.32 Å². The predicted octanol–water partition coefficient (Wildman–Crippen LogP) is 3.27. The van der Waals surface area contributed by atoms with Crippen LogP contribution in [0.1, 0.15) is 32.3 Å². The molecule has 0 atom stereocenters. The van der Waals surface area contributed by atoms with Gasteiger partial charge in [0.05, 0.1) is 5.41 Å². The molecule has 0 radical (unpaired) electrons. The van der Waals surface area contributed by atoms with E-state index in [0.29, 0.717) is 25.9 Å². The summed E-state index contributed by atoms with van der Waals surface area (Å²) in [6, 6.07) is 8.24. The van der Waals surface area contributed by atoms with Crippen molar-refractivity contribution in [1.29, 1.82) is 0 Å². The molecule has 0 aliphatic carbocycles. The van der Waals surface area contributed by atoms with Gasteiger partial charge in [-0.3, -0.25) is 4.79 Å². The Bertz CT molecular complexity index is 385. The molecule has 0 bridgehead atoms. The van der Waals surface area contributed by atoms with Gasteiger partial charge >= 0.3 is 5.97 Å². The molecule has 1 aromatic rings. The number of benzene rings is 1. The molecule has 3 nitrogen and oxygen atoms in total. The van der Waals surface area contributed by atoms with Crippen molar-refractivity contribution in [2.45, 2.75) is 33.2 Å². The molecular weight excluding hydrogens is 341 g/mol. The summed E-state index contributed by atoms with van der Waals surface area (Å²) in [4.78, 5) is 11.3. The molecule has 18 heavy (non-hydrogen) atoms. The molecule has 4 heteroatoms. The van der Waals surface area contributed by atoms with E-state index in [1.807, 2.05) is 13.8 Å². The van der Waals surface area contributed by atoms with E-state index < -0.39 is 11.4 Å². The third-order valence-electron chi connectivity index (χ3n) is 3.51. The summed E-state index contributed by atoms with van der Waals surface area (Å²) in [5.41, 5.74) is 0.547. The number of carbonyl (C=O) groups is 1. The average molecular weight is 361 g/mol. The number of halogens is 1. The number of aliphatic carboxylic acids is 1. The van der Waals surface area contributed by atoms with E-state index in [0.717, 1.165) is 0 Å². The first-order chi connectivity index (χ1) is 8.54. The van der Waals surface area contributed by atoms with Crippen LogP contribution < -0.4 is 5.32 Å². The van der Waals surface area contributed by atoms with Crippen molar-refractivity contribution in [2.75, 3.05) is 6.54 Å². The number of hydrogen-bond acceptors (Lipinski definition) is 2. The minimum absolute atomic E-state index is 0.515. The smallest absolute Gasteiger partial charge is 0.310 e. The molecule has 0 aliphatic rings. The Balaban J connectivity index is 2.54. The number of rotatable bonds is 7. The van der Waals surface area contributed by atoms with Gasteiger partial charge in [0.2, 0.25) is 0 Å². The van der Waals surface area contributed by atoms with Gasteiger partial charge in [-0.25, -0.2) is 0 Å². The fourth-order valence-corrected chi connectivity index (χ4v) is 2.29. The molecule has 0 amide bonds. The lowest BCUT2D eigenvalue weighted by Gasteiger charge is -2.27. The standard InChI is InChI=1S/C14H20INO2/c1-3-14(4-2,13(17)18)10-16-9-11-5-7-12(15)8-6-11/h5-8,16H,3-4,9-10H2,1-2H3,(H,17,18). The van der Waals surface area contributed by atoms with Crippen molar-refractivity contribution in [3.8, 4) is 0 Å². The Kier molecular flexibility index (Phi) is 6.08. The van der Waals surface area contributed by atoms with Gasteiger partial charge < -0.3 is 10.4 Å². The lowest BCUT2D eigenvalue weighted by molar-refractivity contribution is -0.149. The molecule has 1 rings (SSSR count). The summed E-state index contributed by atoms with van der Waals surface area (Å²) < 4.78 is 1.21. The topological polar surface area (TPSA) is 49.3 Å². The first-order valence-electron chi connectivity index (χ1n) is 6.22. The molecule has 100 valence electrons. The number of carboxylic acids is 1. The molecular formula is C14H20INO2. The van der Waals surface area contributed by atoms with E-state index in [1.54, 1.807) is 0 Å². The van der Waals surface area contributed by atoms with Crippen LogP contribution in [0.4, 0.5) is 0 Å². The summed E-state index contributed by atoms with van der Waals surface area (Å²) in [5.74, 6) is -0.706. The molecule has 0 aliphatic heterocycles. The number of hydrogen-bond donors (Lipinski definition) is 2. The Hall–Kier alpha value is -0.620. The van der Waals surface area contributed by atoms with Crippen molar-refractivity contribution >= 4 is 28.6 Å². The van der Waals surface area contributed by atoms with Gasteiger partial charge in [-0.2, -0.15) is 0 Å². The van der Waals surface area contributed by atoms with Gasteiger partial charge in [-0.1, -0.05) is 26.0 Å². The van der Waals surface area contributed by atoms with Crippen LogP contribution in [0, 0.1) is 8.99 Å². The van der Waals surface area contributed by atoms with E-state index in [-0.39, 0.29) is 0 Å². The maximum atomic E-state index is 11.3. The minimum Gasteiger partial charge on any atom is -0.481 e. The molecule has 1 aromatic carbocycles. The van der Waals surface area contributed by atoms with Crippen LogP contribution in [0.5, 0.6) is 0 Å². The SMILES string of the molecule is CCC(CC)(CNCc1ccc(I)cc1)C(=O)O. The van der Waals surface area contributed by atoms with Gasteiger partial charge in [-0.15, -0.1) is 0 Å². The lowest BCUT2D eigenvalue weighted by atomic mass is 9.82. The summed E-state index contributed by atoms with van der Waals surface area (Å²) in [6.07, 6.45) is 1.30. The Morgan fingerprint density at radius 2 is 1.83 bits per heavy atom. The molecule has 0 saturated carbocycles. The Morgan fingerprint density at radius 3 is 2.28 bits per heavy atom. The van der Waals surface area contributed by atoms with Crippen molar-refractivity contribution in [3.05, 3.63) is 33.4 Å². The lowest BCUT2D eigenvalue weighted by Crippen LogP contribution is -2.39. The zero-order chi connectivity index (χ0) is 13.6. The number of carboxylic acid groups (broad SMARTS) is 1. The highest BCUT2D eigenvalue weighted by molar-refractivity contribution is 14.1. The third kappa shape index (κ3) is 3.95. The van der Waals surface area contributed by atoms with Crippen molar-refractivity contribution < 1.29 is 9.90 Å². The third-order valence-corrected chi connectivity index (χ3v) is 4.23. The van der Waals surface area contributed by atoms with Gasteiger partial charge in [0.15, 0.2) is 0 Å². The van der Waals surface area contributed by atoms with E-state index in [9.17, 15) is 9.90 Å². The van der Waals surface area contributed by atoms with Gasteiger partial charge in [-0.05, 0) is 53.1 Å². The second kappa shape index (κ2) is 7.09. The van der Waals surface area contributed by atoms with Crippen molar-refractivity contribution in [2.24, 2.45) is 5.41 Å². The van der Waals surface area contributed by atoms with Gasteiger partial charge in [0.25, 0.3) is 0 Å². The second-order valence-corrected chi connectivity index (χ2v) is 5.77. The maximum Gasteiger partial charge on any atom is 0.310 e. The van der Waals surface area contributed by atoms with Crippen LogP contribution in [0.2, 0.25) is 0 Å². The first kappa shape index (κ1) is 15.4. The predicted molar refractivity (Wildman–Crippen MR) is 81.5 cm³/mol. The van der Waals surface area contributed by atoms with Crippen LogP contribution in [0.15, 0.2) is 24.3 Å². The molecule has 0 fully saturated rings. The Morgan fingerprint density at radius 1 is 1.28 bits per heavy atom. The quantitative estimate of drug-likeness (QED) is 0.733. The minimum atomic E-state index is -0.706.